The van der Waals surface area contributed by atoms with E-state index in [4.69, 9.17) is 9.47 Å². The maximum Gasteiger partial charge on any atom is 0.325 e. The number of fused-ring (bicyclic) bond motifs is 1. The van der Waals surface area contributed by atoms with Crippen LogP contribution in [-0.4, -0.2) is 44.7 Å². The van der Waals surface area contributed by atoms with Gasteiger partial charge in [-0.3, -0.25) is 10.1 Å². The quantitative estimate of drug-likeness (QED) is 0.729. The molecule has 148 valence electrons. The van der Waals surface area contributed by atoms with Crippen molar-refractivity contribution in [2.24, 2.45) is 0 Å². The van der Waals surface area contributed by atoms with E-state index in [9.17, 15) is 9.59 Å². The van der Waals surface area contributed by atoms with Crippen molar-refractivity contribution >= 4 is 29.4 Å². The highest BCUT2D eigenvalue weighted by molar-refractivity contribution is 7.99. The lowest BCUT2D eigenvalue weighted by molar-refractivity contribution is -0.117. The Kier molecular flexibility index (Phi) is 5.60. The first-order valence-corrected chi connectivity index (χ1v) is 10.1. The lowest BCUT2D eigenvalue weighted by Crippen LogP contribution is -2.35. The number of nitrogens with zero attached hydrogens (tertiary/aromatic N) is 4. The number of aromatic nitrogens is 4. The predicted octanol–water partition coefficient (Wildman–Crippen LogP) is 2.35. The van der Waals surface area contributed by atoms with Crippen LogP contribution in [0.4, 0.5) is 10.5 Å². The molecule has 3 amide bonds. The molecule has 2 heterocycles. The molecule has 10 nitrogen and oxygen atoms in total. The Morgan fingerprint density at radius 1 is 1.18 bits per heavy atom. The number of hydrogen-bond donors (Lipinski definition) is 2. The number of nitrogens with one attached hydrogen (secondary N) is 2. The highest BCUT2D eigenvalue weighted by Crippen LogP contribution is 2.34. The van der Waals surface area contributed by atoms with Crippen molar-refractivity contribution in [2.75, 3.05) is 17.9 Å². The van der Waals surface area contributed by atoms with Crippen LogP contribution in [0.1, 0.15) is 38.1 Å². The molecule has 1 saturated carbocycles. The molecule has 1 aromatic carbocycles. The minimum absolute atomic E-state index is 0.0433. The molecule has 1 aliphatic carbocycles. The fraction of sp³-hybridized carbons (Fsp3) is 0.471. The van der Waals surface area contributed by atoms with Crippen LogP contribution in [0.15, 0.2) is 23.4 Å². The zero-order valence-corrected chi connectivity index (χ0v) is 15.9. The largest absolute Gasteiger partial charge is 0.454 e. The molecule has 2 N–H and O–H groups in total. The number of tetrazole rings is 1. The summed E-state index contributed by atoms with van der Waals surface area (Å²) in [5.74, 6) is 0.784. The van der Waals surface area contributed by atoms with E-state index in [0.717, 1.165) is 25.7 Å². The SMILES string of the molecule is O=C(CSc1nnnn1C1CCCCC1)NC(=O)Nc1ccc2c(c1)OCO2. The minimum Gasteiger partial charge on any atom is -0.454 e. The minimum atomic E-state index is -0.615. The summed E-state index contributed by atoms with van der Waals surface area (Å²) < 4.78 is 12.3. The third-order valence-electron chi connectivity index (χ3n) is 4.60. The van der Waals surface area contributed by atoms with Gasteiger partial charge < -0.3 is 14.8 Å². The van der Waals surface area contributed by atoms with Crippen LogP contribution < -0.4 is 20.1 Å². The van der Waals surface area contributed by atoms with E-state index >= 15 is 0 Å². The summed E-state index contributed by atoms with van der Waals surface area (Å²) in [6.45, 7) is 0.154. The van der Waals surface area contributed by atoms with E-state index in [0.29, 0.717) is 22.3 Å². The number of thioether (sulfide) groups is 1. The Morgan fingerprint density at radius 3 is 2.86 bits per heavy atom. The number of amides is 3. The van der Waals surface area contributed by atoms with Crippen LogP contribution >= 0.6 is 11.8 Å². The molecule has 28 heavy (non-hydrogen) atoms. The lowest BCUT2D eigenvalue weighted by Gasteiger charge is -2.21. The third-order valence-corrected chi connectivity index (χ3v) is 5.53. The molecule has 1 aliphatic heterocycles. The second-order valence-electron chi connectivity index (χ2n) is 6.56. The maximum atomic E-state index is 12.1. The first-order chi connectivity index (χ1) is 13.7. The van der Waals surface area contributed by atoms with Gasteiger partial charge in [0.2, 0.25) is 17.9 Å². The van der Waals surface area contributed by atoms with Crippen LogP contribution in [0, 0.1) is 0 Å². The number of ether oxygens (including phenoxy) is 2. The second-order valence-corrected chi connectivity index (χ2v) is 7.50. The summed E-state index contributed by atoms with van der Waals surface area (Å²) >= 11 is 1.22. The molecule has 2 aliphatic rings. The van der Waals surface area contributed by atoms with Crippen molar-refractivity contribution in [2.45, 2.75) is 43.3 Å². The molecule has 0 unspecified atom stereocenters. The normalized spacial score (nSPS) is 16.0. The van der Waals surface area contributed by atoms with Crippen molar-refractivity contribution in [3.63, 3.8) is 0 Å². The van der Waals surface area contributed by atoms with E-state index in [1.807, 2.05) is 0 Å². The summed E-state index contributed by atoms with van der Waals surface area (Å²) in [6.07, 6.45) is 5.65. The standard InChI is InChI=1S/C17H20N6O4S/c24-15(9-28-17-20-21-22-23(17)12-4-2-1-3-5-12)19-16(25)18-11-6-7-13-14(8-11)27-10-26-13/h6-8,12H,1-5,9-10H2,(H2,18,19,24,25). The van der Waals surface area contributed by atoms with Crippen LogP contribution in [0.5, 0.6) is 11.5 Å². The summed E-state index contributed by atoms with van der Waals surface area (Å²) in [5, 5.41) is 17.3. The lowest BCUT2D eigenvalue weighted by atomic mass is 9.96. The number of imide groups is 1. The Labute approximate surface area is 165 Å². The van der Waals surface area contributed by atoms with E-state index in [1.165, 1.54) is 18.2 Å². The molecule has 1 aromatic heterocycles. The molecule has 0 spiro atoms. The van der Waals surface area contributed by atoms with Gasteiger partial charge in [0.25, 0.3) is 0 Å². The Bertz CT molecular complexity index is 867. The molecular formula is C17H20N6O4S. The van der Waals surface area contributed by atoms with Gasteiger partial charge in [0.1, 0.15) is 0 Å². The predicted molar refractivity (Wildman–Crippen MR) is 100 cm³/mol. The molecule has 11 heteroatoms. The van der Waals surface area contributed by atoms with E-state index in [2.05, 4.69) is 26.2 Å². The van der Waals surface area contributed by atoms with Gasteiger partial charge in [-0.2, -0.15) is 0 Å². The maximum absolute atomic E-state index is 12.1. The van der Waals surface area contributed by atoms with Gasteiger partial charge in [-0.15, -0.1) is 5.10 Å². The zero-order chi connectivity index (χ0) is 19.3. The Hall–Kier alpha value is -2.82. The van der Waals surface area contributed by atoms with Gasteiger partial charge in [0.05, 0.1) is 11.8 Å². The first kappa shape index (κ1) is 18.5. The summed E-state index contributed by atoms with van der Waals surface area (Å²) in [7, 11) is 0. The number of urea groups is 1. The zero-order valence-electron chi connectivity index (χ0n) is 15.1. The van der Waals surface area contributed by atoms with Gasteiger partial charge in [0, 0.05) is 11.8 Å². The summed E-state index contributed by atoms with van der Waals surface area (Å²) in [5.41, 5.74) is 0.503. The van der Waals surface area contributed by atoms with E-state index in [1.54, 1.807) is 22.9 Å². The summed E-state index contributed by atoms with van der Waals surface area (Å²) in [4.78, 5) is 24.1. The van der Waals surface area contributed by atoms with Crippen LogP contribution in [-0.2, 0) is 4.79 Å². The van der Waals surface area contributed by atoms with Gasteiger partial charge in [-0.25, -0.2) is 9.48 Å². The Balaban J connectivity index is 1.27. The fourth-order valence-corrected chi connectivity index (χ4v) is 4.01. The number of carbonyl (C=O) groups is 2. The molecule has 1 fully saturated rings. The molecule has 0 saturated heterocycles. The van der Waals surface area contributed by atoms with Gasteiger partial charge >= 0.3 is 6.03 Å². The van der Waals surface area contributed by atoms with E-state index < -0.39 is 11.9 Å². The van der Waals surface area contributed by atoms with Gasteiger partial charge in [-0.05, 0) is 35.4 Å². The van der Waals surface area contributed by atoms with Crippen molar-refractivity contribution in [1.82, 2.24) is 25.5 Å². The van der Waals surface area contributed by atoms with Gasteiger partial charge in [0.15, 0.2) is 11.5 Å². The van der Waals surface area contributed by atoms with Crippen LogP contribution in [0.2, 0.25) is 0 Å². The summed E-state index contributed by atoms with van der Waals surface area (Å²) in [6, 6.07) is 4.67. The van der Waals surface area contributed by atoms with Gasteiger partial charge in [-0.1, -0.05) is 31.0 Å². The van der Waals surface area contributed by atoms with Crippen molar-refractivity contribution in [3.05, 3.63) is 18.2 Å². The molecule has 0 atom stereocenters. The van der Waals surface area contributed by atoms with Crippen LogP contribution in [0.25, 0.3) is 0 Å². The fourth-order valence-electron chi connectivity index (χ4n) is 3.26. The highest BCUT2D eigenvalue weighted by Gasteiger charge is 2.21. The highest BCUT2D eigenvalue weighted by atomic mass is 32.2. The number of carbonyl (C=O) groups excluding carboxylic acids is 2. The molecule has 0 radical (unpaired) electrons. The molecular weight excluding hydrogens is 384 g/mol. The second kappa shape index (κ2) is 8.46. The van der Waals surface area contributed by atoms with Crippen molar-refractivity contribution < 1.29 is 19.1 Å². The number of benzene rings is 1. The number of rotatable bonds is 5. The molecule has 0 bridgehead atoms. The third kappa shape index (κ3) is 4.35. The first-order valence-electron chi connectivity index (χ1n) is 9.10. The average molecular weight is 404 g/mol. The van der Waals surface area contributed by atoms with E-state index in [-0.39, 0.29) is 18.6 Å². The average Bonchev–Trinajstić information content (AvgIpc) is 3.35. The monoisotopic (exact) mass is 404 g/mol. The smallest absolute Gasteiger partial charge is 0.325 e. The van der Waals surface area contributed by atoms with Crippen molar-refractivity contribution in [1.29, 1.82) is 0 Å². The van der Waals surface area contributed by atoms with Crippen LogP contribution in [0.3, 0.4) is 0 Å². The Morgan fingerprint density at radius 2 is 2.00 bits per heavy atom. The molecule has 4 rings (SSSR count). The topological polar surface area (TPSA) is 120 Å². The number of anilines is 1. The number of hydrogen-bond acceptors (Lipinski definition) is 8. The van der Waals surface area contributed by atoms with Crippen molar-refractivity contribution in [3.8, 4) is 11.5 Å². The molecule has 2 aromatic rings.